The van der Waals surface area contributed by atoms with Gasteiger partial charge >= 0.3 is 5.97 Å². The molecule has 3 rings (SSSR count). The van der Waals surface area contributed by atoms with Crippen LogP contribution in [0.5, 0.6) is 0 Å². The van der Waals surface area contributed by atoms with E-state index in [0.717, 1.165) is 31.5 Å². The van der Waals surface area contributed by atoms with Gasteiger partial charge in [0.05, 0.1) is 16.6 Å². The summed E-state index contributed by atoms with van der Waals surface area (Å²) in [6, 6.07) is 9.16. The molecule has 130 valence electrons. The molecule has 0 bridgehead atoms. The molecule has 2 aliphatic rings. The summed E-state index contributed by atoms with van der Waals surface area (Å²) < 4.78 is 0. The first-order valence-electron chi connectivity index (χ1n) is 8.81. The molecule has 4 heteroatoms. The molecule has 2 heterocycles. The minimum absolute atomic E-state index is 0.0119. The molecule has 0 amide bonds. The Balaban J connectivity index is 1.95. The molecule has 0 radical (unpaired) electrons. The average molecular weight is 328 g/mol. The molecule has 4 nitrogen and oxygen atoms in total. The number of hydroxylamine groups is 2. The number of amidine groups is 1. The Morgan fingerprint density at radius 1 is 1.00 bits per heavy atom. The highest BCUT2D eigenvalue weighted by Crippen LogP contribution is 2.47. The average Bonchev–Trinajstić information content (AvgIpc) is 2.53. The maximum atomic E-state index is 12.6. The van der Waals surface area contributed by atoms with Gasteiger partial charge in [-0.3, -0.25) is 4.99 Å². The lowest BCUT2D eigenvalue weighted by atomic mass is 9.69. The Bertz CT molecular complexity index is 663. The van der Waals surface area contributed by atoms with Crippen molar-refractivity contribution in [3.05, 3.63) is 35.9 Å². The predicted molar refractivity (Wildman–Crippen MR) is 95.9 cm³/mol. The van der Waals surface area contributed by atoms with Crippen LogP contribution in [-0.2, 0) is 4.84 Å². The Morgan fingerprint density at radius 3 is 2.29 bits per heavy atom. The molecule has 0 aromatic heterocycles. The van der Waals surface area contributed by atoms with Crippen LogP contribution in [0.3, 0.4) is 0 Å². The van der Waals surface area contributed by atoms with Crippen LogP contribution in [0.4, 0.5) is 0 Å². The molecule has 2 aliphatic heterocycles. The van der Waals surface area contributed by atoms with Gasteiger partial charge in [0.15, 0.2) is 0 Å². The molecule has 0 saturated carbocycles. The monoisotopic (exact) mass is 328 g/mol. The lowest BCUT2D eigenvalue weighted by molar-refractivity contribution is -0.135. The SMILES string of the molecule is CC1(C)CCC2(C)CCC(C)(C)N(OC(=O)c3ccccc3)C2=N1. The lowest BCUT2D eigenvalue weighted by Crippen LogP contribution is -2.60. The number of hydrogen-bond acceptors (Lipinski definition) is 4. The van der Waals surface area contributed by atoms with Crippen LogP contribution in [0.1, 0.15) is 70.7 Å². The third-order valence-corrected chi connectivity index (χ3v) is 5.45. The fourth-order valence-corrected chi connectivity index (χ4v) is 3.55. The van der Waals surface area contributed by atoms with Crippen LogP contribution >= 0.6 is 0 Å². The van der Waals surface area contributed by atoms with E-state index in [2.05, 4.69) is 34.6 Å². The van der Waals surface area contributed by atoms with E-state index in [1.54, 1.807) is 17.2 Å². The molecular weight excluding hydrogens is 300 g/mol. The van der Waals surface area contributed by atoms with Crippen molar-refractivity contribution in [2.75, 3.05) is 0 Å². The molecule has 0 aliphatic carbocycles. The summed E-state index contributed by atoms with van der Waals surface area (Å²) in [7, 11) is 0. The number of hydrogen-bond donors (Lipinski definition) is 0. The van der Waals surface area contributed by atoms with Crippen molar-refractivity contribution in [1.29, 1.82) is 0 Å². The molecule has 1 atom stereocenters. The van der Waals surface area contributed by atoms with Crippen molar-refractivity contribution in [3.8, 4) is 0 Å². The second-order valence-electron chi connectivity index (χ2n) is 8.66. The van der Waals surface area contributed by atoms with Crippen molar-refractivity contribution in [3.63, 3.8) is 0 Å². The van der Waals surface area contributed by atoms with Crippen molar-refractivity contribution in [2.24, 2.45) is 10.4 Å². The summed E-state index contributed by atoms with van der Waals surface area (Å²) in [5.74, 6) is 0.610. The number of nitrogens with zero attached hydrogens (tertiary/aromatic N) is 2. The van der Waals surface area contributed by atoms with Gasteiger partial charge in [0, 0.05) is 5.41 Å². The minimum atomic E-state index is -0.320. The van der Waals surface area contributed by atoms with Crippen LogP contribution < -0.4 is 0 Å². The van der Waals surface area contributed by atoms with Gasteiger partial charge in [-0.05, 0) is 65.5 Å². The number of carbonyl (C=O) groups excluding carboxylic acids is 1. The van der Waals surface area contributed by atoms with E-state index in [1.807, 2.05) is 18.2 Å². The quantitative estimate of drug-likeness (QED) is 0.796. The highest BCUT2D eigenvalue weighted by molar-refractivity contribution is 5.93. The smallest absolute Gasteiger partial charge is 0.334 e. The van der Waals surface area contributed by atoms with E-state index in [4.69, 9.17) is 9.83 Å². The standard InChI is InChI=1S/C20H28N2O2/c1-18(2)11-13-20(5)14-12-19(3,4)22(17(20)21-18)24-16(23)15-9-7-6-8-10-15/h6-10H,11-14H2,1-5H3. The third kappa shape index (κ3) is 3.06. The second-order valence-corrected chi connectivity index (χ2v) is 8.66. The number of rotatable bonds is 2. The number of piperidine rings is 1. The van der Waals surface area contributed by atoms with Gasteiger partial charge in [-0.25, -0.2) is 4.79 Å². The fraction of sp³-hybridized carbons (Fsp3) is 0.600. The molecule has 0 N–H and O–H groups in total. The van der Waals surface area contributed by atoms with Gasteiger partial charge in [-0.2, -0.15) is 5.06 Å². The van der Waals surface area contributed by atoms with Crippen LogP contribution in [0.15, 0.2) is 35.3 Å². The van der Waals surface area contributed by atoms with Gasteiger partial charge in [0.1, 0.15) is 5.84 Å². The van der Waals surface area contributed by atoms with Crippen LogP contribution in [-0.4, -0.2) is 27.9 Å². The van der Waals surface area contributed by atoms with Gasteiger partial charge in [0.2, 0.25) is 0 Å². The maximum Gasteiger partial charge on any atom is 0.363 e. The van der Waals surface area contributed by atoms with E-state index < -0.39 is 0 Å². The highest BCUT2D eigenvalue weighted by atomic mass is 16.7. The first kappa shape index (κ1) is 17.0. The summed E-state index contributed by atoms with van der Waals surface area (Å²) in [6.45, 7) is 10.8. The second kappa shape index (κ2) is 5.61. The number of aliphatic imine (C=N–C) groups is 1. The van der Waals surface area contributed by atoms with Crippen LogP contribution in [0.2, 0.25) is 0 Å². The molecule has 0 spiro atoms. The van der Waals surface area contributed by atoms with Crippen LogP contribution in [0, 0.1) is 5.41 Å². The topological polar surface area (TPSA) is 41.9 Å². The zero-order valence-corrected chi connectivity index (χ0v) is 15.4. The summed E-state index contributed by atoms with van der Waals surface area (Å²) in [5.41, 5.74) is 0.189. The molecule has 24 heavy (non-hydrogen) atoms. The summed E-state index contributed by atoms with van der Waals surface area (Å²) in [6.07, 6.45) is 4.20. The van der Waals surface area contributed by atoms with Gasteiger partial charge in [0.25, 0.3) is 0 Å². The molecule has 1 fully saturated rings. The van der Waals surface area contributed by atoms with E-state index in [1.165, 1.54) is 0 Å². The lowest BCUT2D eigenvalue weighted by Gasteiger charge is -2.52. The summed E-state index contributed by atoms with van der Waals surface area (Å²) in [4.78, 5) is 23.5. The largest absolute Gasteiger partial charge is 0.363 e. The van der Waals surface area contributed by atoms with Gasteiger partial charge in [-0.1, -0.05) is 25.1 Å². The van der Waals surface area contributed by atoms with Crippen LogP contribution in [0.25, 0.3) is 0 Å². The van der Waals surface area contributed by atoms with Crippen molar-refractivity contribution in [1.82, 2.24) is 5.06 Å². The first-order valence-corrected chi connectivity index (χ1v) is 8.81. The van der Waals surface area contributed by atoms with Crippen molar-refractivity contribution < 1.29 is 9.63 Å². The molecule has 1 aromatic carbocycles. The maximum absolute atomic E-state index is 12.6. The van der Waals surface area contributed by atoms with Crippen molar-refractivity contribution in [2.45, 2.75) is 71.4 Å². The Morgan fingerprint density at radius 2 is 1.62 bits per heavy atom. The van der Waals surface area contributed by atoms with E-state index in [-0.39, 0.29) is 22.5 Å². The summed E-state index contributed by atoms with van der Waals surface area (Å²) >= 11 is 0. The number of fused-ring (bicyclic) bond motifs is 1. The fourth-order valence-electron chi connectivity index (χ4n) is 3.55. The Labute approximate surface area is 144 Å². The van der Waals surface area contributed by atoms with E-state index in [9.17, 15) is 4.79 Å². The van der Waals surface area contributed by atoms with E-state index in [0.29, 0.717) is 5.56 Å². The predicted octanol–water partition coefficient (Wildman–Crippen LogP) is 4.61. The molecule has 1 saturated heterocycles. The van der Waals surface area contributed by atoms with Gasteiger partial charge in [-0.15, -0.1) is 0 Å². The molecule has 1 unspecified atom stereocenters. The van der Waals surface area contributed by atoms with Crippen molar-refractivity contribution >= 4 is 11.8 Å². The minimum Gasteiger partial charge on any atom is -0.334 e. The zero-order valence-electron chi connectivity index (χ0n) is 15.4. The highest BCUT2D eigenvalue weighted by Gasteiger charge is 2.50. The zero-order chi connectivity index (χ0) is 17.6. The number of carbonyl (C=O) groups is 1. The van der Waals surface area contributed by atoms with E-state index >= 15 is 0 Å². The molecule has 1 aromatic rings. The number of benzene rings is 1. The molecular formula is C20H28N2O2. The third-order valence-electron chi connectivity index (χ3n) is 5.45. The first-order chi connectivity index (χ1) is 11.1. The summed E-state index contributed by atoms with van der Waals surface area (Å²) in [5, 5.41) is 1.80. The Kier molecular flexibility index (Phi) is 3.97. The van der Waals surface area contributed by atoms with Gasteiger partial charge < -0.3 is 4.84 Å². The normalized spacial score (nSPS) is 27.9. The Hall–Kier alpha value is -1.84.